The Morgan fingerprint density at radius 3 is 2.59 bits per heavy atom. The van der Waals surface area contributed by atoms with E-state index in [9.17, 15) is 0 Å². The van der Waals surface area contributed by atoms with Crippen molar-refractivity contribution in [1.29, 1.82) is 0 Å². The van der Waals surface area contributed by atoms with E-state index in [0.29, 0.717) is 18.3 Å². The van der Waals surface area contributed by atoms with Crippen LogP contribution in [-0.2, 0) is 6.54 Å². The first-order valence-electron chi connectivity index (χ1n) is 10.4. The number of aromatic nitrogens is 2. The number of aliphatic imine (C=N–C) groups is 1. The summed E-state index contributed by atoms with van der Waals surface area (Å²) in [6, 6.07) is 8.65. The highest BCUT2D eigenvalue weighted by molar-refractivity contribution is 5.79. The number of ether oxygens (including phenoxy) is 1. The molecule has 1 aliphatic heterocycles. The van der Waals surface area contributed by atoms with Crippen LogP contribution in [0.4, 0.5) is 0 Å². The normalized spacial score (nSPS) is 16.4. The van der Waals surface area contributed by atoms with Crippen molar-refractivity contribution < 1.29 is 9.26 Å². The van der Waals surface area contributed by atoms with E-state index in [1.807, 2.05) is 12.1 Å². The maximum absolute atomic E-state index is 5.32. The Labute approximate surface area is 172 Å². The molecule has 1 atom stereocenters. The molecule has 0 radical (unpaired) electrons. The number of nitrogens with zero attached hydrogens (tertiary/aromatic N) is 4. The van der Waals surface area contributed by atoms with Gasteiger partial charge >= 0.3 is 0 Å². The van der Waals surface area contributed by atoms with Gasteiger partial charge < -0.3 is 19.9 Å². The highest BCUT2D eigenvalue weighted by Gasteiger charge is 2.22. The summed E-state index contributed by atoms with van der Waals surface area (Å²) in [4.78, 5) is 11.4. The van der Waals surface area contributed by atoms with E-state index >= 15 is 0 Å². The summed E-state index contributed by atoms with van der Waals surface area (Å²) < 4.78 is 10.5. The number of likely N-dealkylation sites (tertiary alicyclic amines) is 1. The molecule has 1 aliphatic rings. The molecule has 2 N–H and O–H groups in total. The largest absolute Gasteiger partial charge is 0.497 e. The van der Waals surface area contributed by atoms with Crippen molar-refractivity contribution in [2.24, 2.45) is 4.99 Å². The second-order valence-electron chi connectivity index (χ2n) is 7.20. The van der Waals surface area contributed by atoms with Crippen LogP contribution in [0.25, 0.3) is 0 Å². The standard InChI is InChI=1S/C21H32N6O2/c1-4-22-21(24-15-20-25-16(2)26-29-20)23-14-19(27-12-6-5-7-13-27)17-8-10-18(28-3)11-9-17/h8-11,19H,4-7,12-15H2,1-3H3,(H2,22,23,24). The fourth-order valence-electron chi connectivity index (χ4n) is 3.60. The molecule has 158 valence electrons. The monoisotopic (exact) mass is 400 g/mol. The lowest BCUT2D eigenvalue weighted by Gasteiger charge is -2.35. The molecule has 1 unspecified atom stereocenters. The summed E-state index contributed by atoms with van der Waals surface area (Å²) in [6.45, 7) is 8.00. The molecule has 29 heavy (non-hydrogen) atoms. The van der Waals surface area contributed by atoms with Crippen LogP contribution in [0.2, 0.25) is 0 Å². The molecule has 8 nitrogen and oxygen atoms in total. The van der Waals surface area contributed by atoms with Crippen LogP contribution >= 0.6 is 0 Å². The number of rotatable bonds is 8. The average molecular weight is 401 g/mol. The molecule has 0 amide bonds. The van der Waals surface area contributed by atoms with Gasteiger partial charge in [-0.15, -0.1) is 0 Å². The highest BCUT2D eigenvalue weighted by Crippen LogP contribution is 2.25. The minimum absolute atomic E-state index is 0.274. The van der Waals surface area contributed by atoms with E-state index < -0.39 is 0 Å². The van der Waals surface area contributed by atoms with Gasteiger partial charge in [0, 0.05) is 13.1 Å². The minimum Gasteiger partial charge on any atom is -0.497 e. The number of aryl methyl sites for hydroxylation is 1. The van der Waals surface area contributed by atoms with Gasteiger partial charge in [-0.2, -0.15) is 4.98 Å². The van der Waals surface area contributed by atoms with Gasteiger partial charge in [0.25, 0.3) is 0 Å². The van der Waals surface area contributed by atoms with Gasteiger partial charge in [0.15, 0.2) is 11.8 Å². The smallest absolute Gasteiger partial charge is 0.248 e. The van der Waals surface area contributed by atoms with Gasteiger partial charge in [-0.1, -0.05) is 23.7 Å². The number of hydrogen-bond donors (Lipinski definition) is 2. The first kappa shape index (κ1) is 21.1. The molecule has 8 heteroatoms. The summed E-state index contributed by atoms with van der Waals surface area (Å²) in [5.41, 5.74) is 1.28. The number of guanidine groups is 1. The maximum Gasteiger partial charge on any atom is 0.248 e. The molecule has 2 aromatic rings. The predicted molar refractivity (Wildman–Crippen MR) is 113 cm³/mol. The van der Waals surface area contributed by atoms with Gasteiger partial charge in [-0.25, -0.2) is 4.99 Å². The van der Waals surface area contributed by atoms with E-state index in [-0.39, 0.29) is 6.04 Å². The molecular formula is C21H32N6O2. The van der Waals surface area contributed by atoms with Crippen molar-refractivity contribution in [3.05, 3.63) is 41.5 Å². The van der Waals surface area contributed by atoms with E-state index in [4.69, 9.17) is 9.26 Å². The number of nitrogens with one attached hydrogen (secondary N) is 2. The van der Waals surface area contributed by atoms with Crippen LogP contribution < -0.4 is 15.4 Å². The topological polar surface area (TPSA) is 87.8 Å². The van der Waals surface area contributed by atoms with Crippen LogP contribution in [0.15, 0.2) is 33.8 Å². The Kier molecular flexibility index (Phi) is 7.86. The fourth-order valence-corrected chi connectivity index (χ4v) is 3.60. The summed E-state index contributed by atoms with van der Waals surface area (Å²) in [7, 11) is 1.70. The van der Waals surface area contributed by atoms with E-state index in [2.05, 4.69) is 49.7 Å². The minimum atomic E-state index is 0.274. The zero-order valence-corrected chi connectivity index (χ0v) is 17.6. The molecule has 1 aromatic heterocycles. The van der Waals surface area contributed by atoms with E-state index in [1.165, 1.54) is 24.8 Å². The van der Waals surface area contributed by atoms with Crippen LogP contribution in [-0.4, -0.2) is 54.3 Å². The Balaban J connectivity index is 1.70. The first-order chi connectivity index (χ1) is 14.2. The lowest BCUT2D eigenvalue weighted by Crippen LogP contribution is -2.44. The quantitative estimate of drug-likeness (QED) is 0.520. The van der Waals surface area contributed by atoms with Gasteiger partial charge in [-0.05, 0) is 57.5 Å². The fraction of sp³-hybridized carbons (Fsp3) is 0.571. The van der Waals surface area contributed by atoms with Crippen LogP contribution in [0.5, 0.6) is 5.75 Å². The molecule has 0 aliphatic carbocycles. The van der Waals surface area contributed by atoms with Gasteiger partial charge in [0.05, 0.1) is 13.2 Å². The number of piperidine rings is 1. The molecular weight excluding hydrogens is 368 g/mol. The van der Waals surface area contributed by atoms with Crippen molar-refractivity contribution in [3.8, 4) is 5.75 Å². The lowest BCUT2D eigenvalue weighted by molar-refractivity contribution is 0.164. The third-order valence-electron chi connectivity index (χ3n) is 5.08. The van der Waals surface area contributed by atoms with Gasteiger partial charge in [0.1, 0.15) is 12.3 Å². The Hall–Kier alpha value is -2.61. The Morgan fingerprint density at radius 2 is 1.97 bits per heavy atom. The van der Waals surface area contributed by atoms with Crippen LogP contribution in [0.1, 0.15) is 49.5 Å². The predicted octanol–water partition coefficient (Wildman–Crippen LogP) is 2.67. The number of benzene rings is 1. The van der Waals surface area contributed by atoms with Crippen molar-refractivity contribution in [3.63, 3.8) is 0 Å². The summed E-state index contributed by atoms with van der Waals surface area (Å²) >= 11 is 0. The van der Waals surface area contributed by atoms with E-state index in [1.54, 1.807) is 14.0 Å². The van der Waals surface area contributed by atoms with Crippen molar-refractivity contribution in [1.82, 2.24) is 25.7 Å². The molecule has 3 rings (SSSR count). The highest BCUT2D eigenvalue weighted by atomic mass is 16.5. The average Bonchev–Trinajstić information content (AvgIpc) is 3.18. The summed E-state index contributed by atoms with van der Waals surface area (Å²) in [6.07, 6.45) is 3.81. The summed E-state index contributed by atoms with van der Waals surface area (Å²) in [5.74, 6) is 2.77. The van der Waals surface area contributed by atoms with Crippen LogP contribution in [0, 0.1) is 6.92 Å². The van der Waals surface area contributed by atoms with Crippen molar-refractivity contribution >= 4 is 5.96 Å². The van der Waals surface area contributed by atoms with Crippen LogP contribution in [0.3, 0.4) is 0 Å². The molecule has 0 spiro atoms. The second kappa shape index (κ2) is 10.8. The molecule has 1 saturated heterocycles. The molecule has 1 fully saturated rings. The lowest BCUT2D eigenvalue weighted by atomic mass is 10.0. The Bertz CT molecular complexity index is 768. The van der Waals surface area contributed by atoms with Gasteiger partial charge in [0.2, 0.25) is 5.89 Å². The van der Waals surface area contributed by atoms with E-state index in [0.717, 1.165) is 37.9 Å². The zero-order chi connectivity index (χ0) is 20.5. The third-order valence-corrected chi connectivity index (χ3v) is 5.08. The molecule has 0 bridgehead atoms. The van der Waals surface area contributed by atoms with Crippen molar-refractivity contribution in [2.45, 2.75) is 45.7 Å². The van der Waals surface area contributed by atoms with Gasteiger partial charge in [-0.3, -0.25) is 4.90 Å². The second-order valence-corrected chi connectivity index (χ2v) is 7.20. The molecule has 2 heterocycles. The first-order valence-corrected chi connectivity index (χ1v) is 10.4. The Morgan fingerprint density at radius 1 is 1.21 bits per heavy atom. The maximum atomic E-state index is 5.32. The zero-order valence-electron chi connectivity index (χ0n) is 17.6. The number of methoxy groups -OCH3 is 1. The third kappa shape index (κ3) is 6.19. The molecule has 0 saturated carbocycles. The number of hydrogen-bond acceptors (Lipinski definition) is 6. The molecule has 1 aromatic carbocycles. The van der Waals surface area contributed by atoms with Crippen molar-refractivity contribution in [2.75, 3.05) is 33.3 Å². The summed E-state index contributed by atoms with van der Waals surface area (Å²) in [5, 5.41) is 10.6. The SMILES string of the molecule is CCNC(=NCc1nc(C)no1)NCC(c1ccc(OC)cc1)N1CCCCC1.